The molecule has 1 fully saturated rings. The van der Waals surface area contributed by atoms with E-state index in [0.29, 0.717) is 5.69 Å². The molecule has 1 aliphatic rings. The van der Waals surface area contributed by atoms with Crippen molar-refractivity contribution in [1.82, 2.24) is 14.9 Å². The summed E-state index contributed by atoms with van der Waals surface area (Å²) < 4.78 is 14.1. The van der Waals surface area contributed by atoms with E-state index in [1.165, 1.54) is 6.07 Å². The molecule has 1 aromatic carbocycles. The predicted octanol–water partition coefficient (Wildman–Crippen LogP) is 1.84. The molecule has 1 aliphatic heterocycles. The lowest BCUT2D eigenvalue weighted by atomic mass is 10.2. The quantitative estimate of drug-likeness (QED) is 0.836. The van der Waals surface area contributed by atoms with Crippen LogP contribution < -0.4 is 4.90 Å². The average molecular weight is 248 g/mol. The van der Waals surface area contributed by atoms with Crippen molar-refractivity contribution in [3.05, 3.63) is 24.3 Å². The summed E-state index contributed by atoms with van der Waals surface area (Å²) in [7, 11) is 2.11. The summed E-state index contributed by atoms with van der Waals surface area (Å²) in [6.07, 6.45) is 2.67. The molecule has 0 aliphatic carbocycles. The van der Waals surface area contributed by atoms with Crippen LogP contribution in [0.5, 0.6) is 0 Å². The van der Waals surface area contributed by atoms with Gasteiger partial charge in [-0.05, 0) is 26.1 Å². The molecule has 1 aromatic heterocycles. The summed E-state index contributed by atoms with van der Waals surface area (Å²) in [6.45, 7) is 3.81. The number of halogens is 1. The largest absolute Gasteiger partial charge is 0.368 e. The molecule has 2 heterocycles. The number of nitrogens with zero attached hydrogens (tertiary/aromatic N) is 3. The molecule has 0 atom stereocenters. The molecule has 2 aromatic rings. The summed E-state index contributed by atoms with van der Waals surface area (Å²) in [5, 5.41) is 0. The van der Waals surface area contributed by atoms with E-state index in [9.17, 15) is 4.39 Å². The maximum absolute atomic E-state index is 14.1. The smallest absolute Gasteiger partial charge is 0.148 e. The number of rotatable bonds is 1. The van der Waals surface area contributed by atoms with Gasteiger partial charge in [0.15, 0.2) is 0 Å². The molecule has 3 rings (SSSR count). The van der Waals surface area contributed by atoms with Gasteiger partial charge >= 0.3 is 0 Å². The highest BCUT2D eigenvalue weighted by Gasteiger charge is 2.17. The first-order valence-electron chi connectivity index (χ1n) is 6.30. The van der Waals surface area contributed by atoms with Crippen LogP contribution in [0.15, 0.2) is 18.5 Å². The van der Waals surface area contributed by atoms with Gasteiger partial charge in [-0.2, -0.15) is 0 Å². The van der Waals surface area contributed by atoms with Gasteiger partial charge in [-0.15, -0.1) is 0 Å². The summed E-state index contributed by atoms with van der Waals surface area (Å²) in [5.74, 6) is -0.170. The van der Waals surface area contributed by atoms with Crippen LogP contribution in [0.4, 0.5) is 10.1 Å². The number of anilines is 1. The average Bonchev–Trinajstić information content (AvgIpc) is 2.69. The zero-order valence-corrected chi connectivity index (χ0v) is 10.5. The third-order valence-corrected chi connectivity index (χ3v) is 3.55. The summed E-state index contributed by atoms with van der Waals surface area (Å²) in [4.78, 5) is 11.5. The predicted molar refractivity (Wildman–Crippen MR) is 70.4 cm³/mol. The summed E-state index contributed by atoms with van der Waals surface area (Å²) in [6, 6.07) is 3.37. The number of benzene rings is 1. The Morgan fingerprint density at radius 1 is 1.22 bits per heavy atom. The number of imidazole rings is 1. The van der Waals surface area contributed by atoms with Crippen molar-refractivity contribution in [2.24, 2.45) is 0 Å². The Kier molecular flexibility index (Phi) is 2.91. The molecule has 5 heteroatoms. The molecule has 1 saturated heterocycles. The van der Waals surface area contributed by atoms with Crippen LogP contribution in [0, 0.1) is 5.82 Å². The Bertz CT molecular complexity index is 551. The molecular formula is C13H17FN4. The Hall–Kier alpha value is -1.62. The number of hydrogen-bond donors (Lipinski definition) is 1. The van der Waals surface area contributed by atoms with E-state index in [1.54, 1.807) is 6.33 Å². The fourth-order valence-corrected chi connectivity index (χ4v) is 2.47. The minimum absolute atomic E-state index is 0.170. The molecule has 0 amide bonds. The van der Waals surface area contributed by atoms with Gasteiger partial charge in [0, 0.05) is 25.7 Å². The van der Waals surface area contributed by atoms with Gasteiger partial charge in [-0.25, -0.2) is 9.37 Å². The van der Waals surface area contributed by atoms with E-state index in [0.717, 1.165) is 43.6 Å². The van der Waals surface area contributed by atoms with Crippen LogP contribution in [0.2, 0.25) is 0 Å². The van der Waals surface area contributed by atoms with Crippen molar-refractivity contribution in [3.8, 4) is 0 Å². The second kappa shape index (κ2) is 4.57. The lowest BCUT2D eigenvalue weighted by Gasteiger charge is -2.23. The number of H-pyrrole nitrogens is 1. The number of hydrogen-bond acceptors (Lipinski definition) is 3. The molecular weight excluding hydrogens is 231 g/mol. The molecule has 0 unspecified atom stereocenters. The topological polar surface area (TPSA) is 35.2 Å². The third-order valence-electron chi connectivity index (χ3n) is 3.55. The monoisotopic (exact) mass is 248 g/mol. The van der Waals surface area contributed by atoms with Crippen LogP contribution >= 0.6 is 0 Å². The first kappa shape index (κ1) is 11.5. The van der Waals surface area contributed by atoms with Gasteiger partial charge in [0.05, 0.1) is 23.0 Å². The standard InChI is InChI=1S/C13H17FN4/c1-17-3-2-4-18(6-5-17)13-8-12-11(7-10(13)14)15-9-16-12/h7-9H,2-6H2,1H3,(H,15,16). The SMILES string of the molecule is CN1CCCN(c2cc3nc[nH]c3cc2F)CC1. The van der Waals surface area contributed by atoms with E-state index >= 15 is 0 Å². The number of likely N-dealkylation sites (N-methyl/N-ethyl adjacent to an activating group) is 1. The van der Waals surface area contributed by atoms with Crippen LogP contribution in [0.25, 0.3) is 11.0 Å². The molecule has 18 heavy (non-hydrogen) atoms. The normalized spacial score (nSPS) is 18.2. The number of fused-ring (bicyclic) bond motifs is 1. The Balaban J connectivity index is 1.94. The first-order valence-corrected chi connectivity index (χ1v) is 6.30. The van der Waals surface area contributed by atoms with Crippen LogP contribution in [0.3, 0.4) is 0 Å². The maximum Gasteiger partial charge on any atom is 0.148 e. The van der Waals surface area contributed by atoms with Crippen molar-refractivity contribution in [2.45, 2.75) is 6.42 Å². The highest BCUT2D eigenvalue weighted by molar-refractivity contribution is 5.79. The van der Waals surface area contributed by atoms with Crippen LogP contribution in [0.1, 0.15) is 6.42 Å². The van der Waals surface area contributed by atoms with Crippen LogP contribution in [-0.4, -0.2) is 48.1 Å². The molecule has 1 N–H and O–H groups in total. The van der Waals surface area contributed by atoms with E-state index < -0.39 is 0 Å². The first-order chi connectivity index (χ1) is 8.74. The minimum atomic E-state index is -0.170. The number of aromatic amines is 1. The maximum atomic E-state index is 14.1. The van der Waals surface area contributed by atoms with Crippen molar-refractivity contribution >= 4 is 16.7 Å². The van der Waals surface area contributed by atoms with Crippen LogP contribution in [-0.2, 0) is 0 Å². The van der Waals surface area contributed by atoms with Gasteiger partial charge in [-0.3, -0.25) is 0 Å². The van der Waals surface area contributed by atoms with Gasteiger partial charge in [0.1, 0.15) is 5.82 Å². The van der Waals surface area contributed by atoms with Crippen molar-refractivity contribution < 1.29 is 4.39 Å². The second-order valence-electron chi connectivity index (χ2n) is 4.87. The summed E-state index contributed by atoms with van der Waals surface area (Å²) >= 11 is 0. The molecule has 0 spiro atoms. The molecule has 0 radical (unpaired) electrons. The van der Waals surface area contributed by atoms with Gasteiger partial charge in [0.25, 0.3) is 0 Å². The van der Waals surface area contributed by atoms with E-state index in [-0.39, 0.29) is 5.82 Å². The zero-order chi connectivity index (χ0) is 12.5. The van der Waals surface area contributed by atoms with Crippen molar-refractivity contribution in [2.75, 3.05) is 38.1 Å². The molecule has 0 bridgehead atoms. The number of nitrogens with one attached hydrogen (secondary N) is 1. The van der Waals surface area contributed by atoms with Gasteiger partial charge in [-0.1, -0.05) is 0 Å². The Labute approximate surface area is 105 Å². The summed E-state index contributed by atoms with van der Waals surface area (Å²) in [5.41, 5.74) is 2.25. The molecule has 0 saturated carbocycles. The second-order valence-corrected chi connectivity index (χ2v) is 4.87. The minimum Gasteiger partial charge on any atom is -0.368 e. The fraction of sp³-hybridized carbons (Fsp3) is 0.462. The Morgan fingerprint density at radius 3 is 3.00 bits per heavy atom. The van der Waals surface area contributed by atoms with Crippen molar-refractivity contribution in [3.63, 3.8) is 0 Å². The van der Waals surface area contributed by atoms with E-state index in [1.807, 2.05) is 6.07 Å². The molecule has 96 valence electrons. The fourth-order valence-electron chi connectivity index (χ4n) is 2.47. The van der Waals surface area contributed by atoms with Gasteiger partial charge in [0.2, 0.25) is 0 Å². The van der Waals surface area contributed by atoms with Crippen molar-refractivity contribution in [1.29, 1.82) is 0 Å². The number of aromatic nitrogens is 2. The lowest BCUT2D eigenvalue weighted by molar-refractivity contribution is 0.360. The Morgan fingerprint density at radius 2 is 2.11 bits per heavy atom. The molecule has 4 nitrogen and oxygen atoms in total. The van der Waals surface area contributed by atoms with E-state index in [4.69, 9.17) is 0 Å². The lowest BCUT2D eigenvalue weighted by Crippen LogP contribution is -2.29. The highest BCUT2D eigenvalue weighted by Crippen LogP contribution is 2.25. The zero-order valence-electron chi connectivity index (χ0n) is 10.5. The third kappa shape index (κ3) is 2.06. The van der Waals surface area contributed by atoms with Gasteiger partial charge < -0.3 is 14.8 Å². The highest BCUT2D eigenvalue weighted by atomic mass is 19.1. The van der Waals surface area contributed by atoms with E-state index in [2.05, 4.69) is 26.8 Å².